The molecule has 0 radical (unpaired) electrons. The fourth-order valence-electron chi connectivity index (χ4n) is 1.57. The summed E-state index contributed by atoms with van der Waals surface area (Å²) in [4.78, 5) is 7.94. The molecule has 1 atom stereocenters. The predicted molar refractivity (Wildman–Crippen MR) is 61.1 cm³/mol. The summed E-state index contributed by atoms with van der Waals surface area (Å²) >= 11 is 0. The average molecular weight is 251 g/mol. The molecule has 2 aromatic rings. The van der Waals surface area contributed by atoms with Gasteiger partial charge in [-0.05, 0) is 6.07 Å². The van der Waals surface area contributed by atoms with Gasteiger partial charge in [0.05, 0.1) is 17.9 Å². The molecule has 18 heavy (non-hydrogen) atoms. The number of halogens is 2. The van der Waals surface area contributed by atoms with Crippen molar-refractivity contribution in [3.8, 4) is 5.75 Å². The van der Waals surface area contributed by atoms with Crippen LogP contribution in [0.15, 0.2) is 42.9 Å². The molecule has 0 spiro atoms. The third-order valence-corrected chi connectivity index (χ3v) is 2.37. The molecule has 6 heteroatoms. The molecule has 0 bridgehead atoms. The van der Waals surface area contributed by atoms with Gasteiger partial charge in [0, 0.05) is 18.0 Å². The lowest BCUT2D eigenvalue weighted by Gasteiger charge is -2.15. The topological polar surface area (TPSA) is 61.0 Å². The number of hydrogen-bond acceptors (Lipinski definition) is 4. The molecule has 0 fully saturated rings. The van der Waals surface area contributed by atoms with E-state index in [1.165, 1.54) is 24.7 Å². The minimum absolute atomic E-state index is 0.0469. The Morgan fingerprint density at radius 1 is 1.17 bits per heavy atom. The van der Waals surface area contributed by atoms with E-state index in [1.54, 1.807) is 18.2 Å². The molecule has 1 heterocycles. The Kier molecular flexibility index (Phi) is 3.78. The first-order valence-electron chi connectivity index (χ1n) is 5.23. The van der Waals surface area contributed by atoms with Crippen LogP contribution in [-0.2, 0) is 0 Å². The Bertz CT molecular complexity index is 508. The SMILES string of the molecule is NC(c1cnccn1)c1ccccc1OC(F)F. The zero-order valence-electron chi connectivity index (χ0n) is 9.33. The van der Waals surface area contributed by atoms with E-state index in [2.05, 4.69) is 14.7 Å². The summed E-state index contributed by atoms with van der Waals surface area (Å²) < 4.78 is 29.0. The molecule has 4 nitrogen and oxygen atoms in total. The van der Waals surface area contributed by atoms with Crippen molar-refractivity contribution >= 4 is 0 Å². The van der Waals surface area contributed by atoms with Crippen molar-refractivity contribution in [1.82, 2.24) is 9.97 Å². The number of hydrogen-bond donors (Lipinski definition) is 1. The van der Waals surface area contributed by atoms with Gasteiger partial charge in [-0.3, -0.25) is 9.97 Å². The summed E-state index contributed by atoms with van der Waals surface area (Å²) in [6.07, 6.45) is 4.49. The van der Waals surface area contributed by atoms with E-state index in [4.69, 9.17) is 5.73 Å². The van der Waals surface area contributed by atoms with E-state index in [-0.39, 0.29) is 5.75 Å². The van der Waals surface area contributed by atoms with Gasteiger partial charge in [0.15, 0.2) is 0 Å². The molecule has 0 amide bonds. The number of nitrogens with two attached hydrogens (primary N) is 1. The number of nitrogens with zero attached hydrogens (tertiary/aromatic N) is 2. The number of ether oxygens (including phenoxy) is 1. The fourth-order valence-corrected chi connectivity index (χ4v) is 1.57. The molecule has 2 N–H and O–H groups in total. The lowest BCUT2D eigenvalue weighted by molar-refractivity contribution is -0.0505. The summed E-state index contributed by atoms with van der Waals surface area (Å²) in [5, 5.41) is 0. The highest BCUT2D eigenvalue weighted by molar-refractivity contribution is 5.39. The van der Waals surface area contributed by atoms with Gasteiger partial charge in [-0.15, -0.1) is 0 Å². The van der Waals surface area contributed by atoms with Gasteiger partial charge in [0.25, 0.3) is 0 Å². The van der Waals surface area contributed by atoms with Crippen LogP contribution >= 0.6 is 0 Å². The highest BCUT2D eigenvalue weighted by Gasteiger charge is 2.17. The van der Waals surface area contributed by atoms with Crippen LogP contribution in [0.4, 0.5) is 8.78 Å². The highest BCUT2D eigenvalue weighted by Crippen LogP contribution is 2.27. The summed E-state index contributed by atoms with van der Waals surface area (Å²) in [6.45, 7) is -2.89. The van der Waals surface area contributed by atoms with E-state index in [9.17, 15) is 8.78 Å². The second-order valence-corrected chi connectivity index (χ2v) is 3.52. The maximum atomic E-state index is 12.3. The molecule has 0 aliphatic heterocycles. The number of para-hydroxylation sites is 1. The lowest BCUT2D eigenvalue weighted by Crippen LogP contribution is -2.16. The van der Waals surface area contributed by atoms with Gasteiger partial charge >= 0.3 is 6.61 Å². The van der Waals surface area contributed by atoms with Crippen LogP contribution in [0.5, 0.6) is 5.75 Å². The zero-order valence-corrected chi connectivity index (χ0v) is 9.33. The van der Waals surface area contributed by atoms with Crippen LogP contribution in [0.3, 0.4) is 0 Å². The second kappa shape index (κ2) is 5.50. The minimum Gasteiger partial charge on any atom is -0.434 e. The maximum Gasteiger partial charge on any atom is 0.387 e. The monoisotopic (exact) mass is 251 g/mol. The Labute approximate surface area is 102 Å². The Balaban J connectivity index is 2.33. The van der Waals surface area contributed by atoms with Gasteiger partial charge < -0.3 is 10.5 Å². The Morgan fingerprint density at radius 2 is 1.94 bits per heavy atom. The van der Waals surface area contributed by atoms with Crippen molar-refractivity contribution in [2.45, 2.75) is 12.7 Å². The molecule has 1 aromatic heterocycles. The van der Waals surface area contributed by atoms with E-state index in [1.807, 2.05) is 0 Å². The van der Waals surface area contributed by atoms with Crippen LogP contribution in [-0.4, -0.2) is 16.6 Å². The zero-order chi connectivity index (χ0) is 13.0. The molecular formula is C12H11F2N3O. The summed E-state index contributed by atoms with van der Waals surface area (Å²) in [5.41, 5.74) is 6.90. The van der Waals surface area contributed by atoms with Gasteiger partial charge in [0.2, 0.25) is 0 Å². The van der Waals surface area contributed by atoms with Crippen LogP contribution in [0.25, 0.3) is 0 Å². The average Bonchev–Trinajstić information content (AvgIpc) is 2.39. The molecule has 0 saturated carbocycles. The number of benzene rings is 1. The predicted octanol–water partition coefficient (Wildman–Crippen LogP) is 2.13. The molecule has 1 aromatic carbocycles. The largest absolute Gasteiger partial charge is 0.434 e. The molecular weight excluding hydrogens is 240 g/mol. The van der Waals surface area contributed by atoms with Crippen LogP contribution < -0.4 is 10.5 Å². The van der Waals surface area contributed by atoms with Crippen molar-refractivity contribution in [3.63, 3.8) is 0 Å². The molecule has 0 aliphatic carbocycles. The Morgan fingerprint density at radius 3 is 2.61 bits per heavy atom. The summed E-state index contributed by atoms with van der Waals surface area (Å²) in [5.74, 6) is 0.0469. The summed E-state index contributed by atoms with van der Waals surface area (Å²) in [7, 11) is 0. The van der Waals surface area contributed by atoms with Crippen LogP contribution in [0.2, 0.25) is 0 Å². The summed E-state index contributed by atoms with van der Waals surface area (Å²) in [6, 6.07) is 5.71. The Hall–Kier alpha value is -2.08. The van der Waals surface area contributed by atoms with Gasteiger partial charge in [0.1, 0.15) is 5.75 Å². The lowest BCUT2D eigenvalue weighted by atomic mass is 10.0. The second-order valence-electron chi connectivity index (χ2n) is 3.52. The smallest absolute Gasteiger partial charge is 0.387 e. The van der Waals surface area contributed by atoms with E-state index < -0.39 is 12.7 Å². The number of rotatable bonds is 4. The maximum absolute atomic E-state index is 12.3. The molecule has 1 unspecified atom stereocenters. The minimum atomic E-state index is -2.89. The third kappa shape index (κ3) is 2.78. The van der Waals surface area contributed by atoms with Crippen molar-refractivity contribution < 1.29 is 13.5 Å². The first kappa shape index (κ1) is 12.4. The van der Waals surface area contributed by atoms with Crippen molar-refractivity contribution in [3.05, 3.63) is 54.1 Å². The van der Waals surface area contributed by atoms with E-state index in [0.29, 0.717) is 11.3 Å². The van der Waals surface area contributed by atoms with E-state index in [0.717, 1.165) is 0 Å². The molecule has 94 valence electrons. The molecule has 0 saturated heterocycles. The highest BCUT2D eigenvalue weighted by atomic mass is 19.3. The van der Waals surface area contributed by atoms with Crippen LogP contribution in [0, 0.1) is 0 Å². The van der Waals surface area contributed by atoms with Crippen molar-refractivity contribution in [2.75, 3.05) is 0 Å². The first-order chi connectivity index (χ1) is 8.68. The van der Waals surface area contributed by atoms with E-state index >= 15 is 0 Å². The van der Waals surface area contributed by atoms with Crippen molar-refractivity contribution in [2.24, 2.45) is 5.73 Å². The fraction of sp³-hybridized carbons (Fsp3) is 0.167. The van der Waals surface area contributed by atoms with Gasteiger partial charge in [-0.2, -0.15) is 8.78 Å². The molecule has 2 rings (SSSR count). The quantitative estimate of drug-likeness (QED) is 0.904. The number of aromatic nitrogens is 2. The standard InChI is InChI=1S/C12H11F2N3O/c13-12(14)18-10-4-2-1-3-8(10)11(15)9-7-16-5-6-17-9/h1-7,11-12H,15H2. The normalized spacial score (nSPS) is 12.4. The van der Waals surface area contributed by atoms with Gasteiger partial charge in [-0.1, -0.05) is 18.2 Å². The van der Waals surface area contributed by atoms with Crippen molar-refractivity contribution in [1.29, 1.82) is 0 Å². The molecule has 0 aliphatic rings. The van der Waals surface area contributed by atoms with Gasteiger partial charge in [-0.25, -0.2) is 0 Å². The first-order valence-corrected chi connectivity index (χ1v) is 5.23. The number of alkyl halides is 2. The van der Waals surface area contributed by atoms with Crippen LogP contribution in [0.1, 0.15) is 17.3 Å². The third-order valence-electron chi connectivity index (χ3n) is 2.37.